The van der Waals surface area contributed by atoms with E-state index in [4.69, 9.17) is 11.6 Å². The van der Waals surface area contributed by atoms with E-state index in [9.17, 15) is 9.59 Å². The maximum absolute atomic E-state index is 12.3. The summed E-state index contributed by atoms with van der Waals surface area (Å²) in [5.74, 6) is 0.359. The number of carbonyl (C=O) groups excluding carboxylic acids is 2. The summed E-state index contributed by atoms with van der Waals surface area (Å²) < 4.78 is 0. The first-order chi connectivity index (χ1) is 11.8. The van der Waals surface area contributed by atoms with E-state index in [0.29, 0.717) is 28.6 Å². The molecule has 1 heterocycles. The van der Waals surface area contributed by atoms with Crippen LogP contribution in [0.15, 0.2) is 18.2 Å². The Hall–Kier alpha value is -1.30. The SMILES string of the molecule is CCC(C)(C)NC(=O)c1ccc(NC(=O)CCC2CCNC2)cc1Cl.Cl. The number of halogens is 2. The molecule has 1 aromatic rings. The zero-order valence-corrected chi connectivity index (χ0v) is 17.2. The summed E-state index contributed by atoms with van der Waals surface area (Å²) in [5.41, 5.74) is 0.742. The summed E-state index contributed by atoms with van der Waals surface area (Å²) in [4.78, 5) is 24.4. The molecule has 0 bridgehead atoms. The number of hydrogen-bond donors (Lipinski definition) is 3. The highest BCUT2D eigenvalue weighted by Crippen LogP contribution is 2.23. The van der Waals surface area contributed by atoms with Crippen molar-refractivity contribution < 1.29 is 9.59 Å². The molecule has 1 aliphatic heterocycles. The standard InChI is InChI=1S/C19H28ClN3O2.ClH/c1-4-19(2,3)23-18(25)15-7-6-14(11-16(15)20)22-17(24)8-5-13-9-10-21-12-13;/h6-7,11,13,21H,4-5,8-10,12H2,1-3H3,(H,22,24)(H,23,25);1H. The molecule has 0 spiro atoms. The average molecular weight is 402 g/mol. The minimum absolute atomic E-state index is 0. The number of rotatable bonds is 7. The van der Waals surface area contributed by atoms with Crippen molar-refractivity contribution in [2.24, 2.45) is 5.92 Å². The first-order valence-corrected chi connectivity index (χ1v) is 9.31. The van der Waals surface area contributed by atoms with Gasteiger partial charge in [-0.1, -0.05) is 18.5 Å². The molecule has 1 fully saturated rings. The van der Waals surface area contributed by atoms with Crippen molar-refractivity contribution in [2.45, 2.75) is 52.0 Å². The van der Waals surface area contributed by atoms with Crippen LogP contribution in [0.1, 0.15) is 56.8 Å². The molecule has 7 heteroatoms. The van der Waals surface area contributed by atoms with Crippen LogP contribution in [0.2, 0.25) is 5.02 Å². The summed E-state index contributed by atoms with van der Waals surface area (Å²) in [7, 11) is 0. The van der Waals surface area contributed by atoms with Gasteiger partial charge in [0.05, 0.1) is 10.6 Å². The third-order valence-electron chi connectivity index (χ3n) is 4.78. The van der Waals surface area contributed by atoms with Crippen molar-refractivity contribution in [2.75, 3.05) is 18.4 Å². The first-order valence-electron chi connectivity index (χ1n) is 8.93. The van der Waals surface area contributed by atoms with Gasteiger partial charge in [0.2, 0.25) is 5.91 Å². The van der Waals surface area contributed by atoms with Crippen LogP contribution in [-0.2, 0) is 4.79 Å². The van der Waals surface area contributed by atoms with Crippen molar-refractivity contribution in [3.63, 3.8) is 0 Å². The molecule has 5 nitrogen and oxygen atoms in total. The van der Waals surface area contributed by atoms with Crippen LogP contribution in [0.25, 0.3) is 0 Å². The maximum atomic E-state index is 12.3. The van der Waals surface area contributed by atoms with Crippen LogP contribution in [-0.4, -0.2) is 30.4 Å². The molecule has 26 heavy (non-hydrogen) atoms. The van der Waals surface area contributed by atoms with Crippen molar-refractivity contribution in [1.29, 1.82) is 0 Å². The molecule has 3 N–H and O–H groups in total. The van der Waals surface area contributed by atoms with Gasteiger partial charge in [0, 0.05) is 17.6 Å². The van der Waals surface area contributed by atoms with E-state index in [2.05, 4.69) is 16.0 Å². The van der Waals surface area contributed by atoms with Crippen molar-refractivity contribution in [3.8, 4) is 0 Å². The van der Waals surface area contributed by atoms with E-state index >= 15 is 0 Å². The molecule has 146 valence electrons. The number of amides is 2. The van der Waals surface area contributed by atoms with E-state index in [1.54, 1.807) is 18.2 Å². The Morgan fingerprint density at radius 3 is 2.65 bits per heavy atom. The van der Waals surface area contributed by atoms with Crippen molar-refractivity contribution >= 4 is 41.5 Å². The van der Waals surface area contributed by atoms with Crippen molar-refractivity contribution in [3.05, 3.63) is 28.8 Å². The lowest BCUT2D eigenvalue weighted by atomic mass is 10.0. The molecular weight excluding hydrogens is 373 g/mol. The lowest BCUT2D eigenvalue weighted by Crippen LogP contribution is -2.42. The quantitative estimate of drug-likeness (QED) is 0.646. The average Bonchev–Trinajstić information content (AvgIpc) is 3.06. The smallest absolute Gasteiger partial charge is 0.253 e. The van der Waals surface area contributed by atoms with E-state index in [1.807, 2.05) is 20.8 Å². The van der Waals surface area contributed by atoms with Gasteiger partial charge in [-0.15, -0.1) is 12.4 Å². The van der Waals surface area contributed by atoms with Crippen LogP contribution in [0, 0.1) is 5.92 Å². The molecular formula is C19H29Cl2N3O2. The van der Waals surface area contributed by atoms with E-state index in [0.717, 1.165) is 32.4 Å². The molecule has 1 saturated heterocycles. The number of anilines is 1. The Bertz CT molecular complexity index is 629. The highest BCUT2D eigenvalue weighted by Gasteiger charge is 2.21. The number of nitrogens with one attached hydrogen (secondary N) is 3. The second-order valence-corrected chi connectivity index (χ2v) is 7.74. The Kier molecular flexibility index (Phi) is 8.87. The molecule has 1 aromatic carbocycles. The van der Waals surface area contributed by atoms with Crippen LogP contribution in [0.4, 0.5) is 5.69 Å². The Balaban J connectivity index is 0.00000338. The third kappa shape index (κ3) is 6.78. The van der Waals surface area contributed by atoms with Gasteiger partial charge in [-0.25, -0.2) is 0 Å². The molecule has 0 saturated carbocycles. The number of hydrogen-bond acceptors (Lipinski definition) is 3. The van der Waals surface area contributed by atoms with Gasteiger partial charge in [-0.3, -0.25) is 9.59 Å². The van der Waals surface area contributed by atoms with Gasteiger partial charge in [0.1, 0.15) is 0 Å². The van der Waals surface area contributed by atoms with Crippen LogP contribution in [0.5, 0.6) is 0 Å². The van der Waals surface area contributed by atoms with Crippen LogP contribution >= 0.6 is 24.0 Å². The zero-order valence-electron chi connectivity index (χ0n) is 15.7. The minimum atomic E-state index is -0.289. The summed E-state index contributed by atoms with van der Waals surface area (Å²) in [6.07, 6.45) is 3.34. The number of carbonyl (C=O) groups is 2. The summed E-state index contributed by atoms with van der Waals surface area (Å²) in [6, 6.07) is 5.00. The van der Waals surface area contributed by atoms with Gasteiger partial charge in [0.15, 0.2) is 0 Å². The van der Waals surface area contributed by atoms with E-state index in [-0.39, 0.29) is 29.8 Å². The highest BCUT2D eigenvalue weighted by molar-refractivity contribution is 6.34. The van der Waals surface area contributed by atoms with Gasteiger partial charge in [-0.2, -0.15) is 0 Å². The zero-order chi connectivity index (χ0) is 18.4. The predicted molar refractivity (Wildman–Crippen MR) is 109 cm³/mol. The van der Waals surface area contributed by atoms with E-state index in [1.165, 1.54) is 0 Å². The molecule has 1 unspecified atom stereocenters. The topological polar surface area (TPSA) is 70.2 Å². The fraction of sp³-hybridized carbons (Fsp3) is 0.579. The molecule has 2 amide bonds. The molecule has 0 radical (unpaired) electrons. The van der Waals surface area contributed by atoms with Gasteiger partial charge < -0.3 is 16.0 Å². The minimum Gasteiger partial charge on any atom is -0.347 e. The summed E-state index contributed by atoms with van der Waals surface area (Å²) in [6.45, 7) is 7.99. The van der Waals surface area contributed by atoms with Gasteiger partial charge >= 0.3 is 0 Å². The molecule has 1 atom stereocenters. The third-order valence-corrected chi connectivity index (χ3v) is 5.09. The maximum Gasteiger partial charge on any atom is 0.253 e. The number of benzene rings is 1. The van der Waals surface area contributed by atoms with Gasteiger partial charge in [0.25, 0.3) is 5.91 Å². The fourth-order valence-corrected chi connectivity index (χ4v) is 3.03. The fourth-order valence-electron chi connectivity index (χ4n) is 2.76. The Labute approximate surface area is 167 Å². The Morgan fingerprint density at radius 1 is 1.35 bits per heavy atom. The van der Waals surface area contributed by atoms with Crippen molar-refractivity contribution in [1.82, 2.24) is 10.6 Å². The predicted octanol–water partition coefficient (Wildman–Crippen LogP) is 4.01. The van der Waals surface area contributed by atoms with Crippen LogP contribution in [0.3, 0.4) is 0 Å². The Morgan fingerprint density at radius 2 is 2.08 bits per heavy atom. The molecule has 0 aromatic heterocycles. The van der Waals surface area contributed by atoms with Gasteiger partial charge in [-0.05, 0) is 70.3 Å². The summed E-state index contributed by atoms with van der Waals surface area (Å²) in [5, 5.41) is 9.45. The normalized spacial score (nSPS) is 16.7. The largest absolute Gasteiger partial charge is 0.347 e. The molecule has 0 aliphatic carbocycles. The molecule has 1 aliphatic rings. The highest BCUT2D eigenvalue weighted by atomic mass is 35.5. The second kappa shape index (κ2) is 10.1. The lowest BCUT2D eigenvalue weighted by molar-refractivity contribution is -0.116. The van der Waals surface area contributed by atoms with Crippen LogP contribution < -0.4 is 16.0 Å². The van der Waals surface area contributed by atoms with E-state index < -0.39 is 0 Å². The molecule has 2 rings (SSSR count). The summed E-state index contributed by atoms with van der Waals surface area (Å²) >= 11 is 6.24. The monoisotopic (exact) mass is 401 g/mol. The first kappa shape index (κ1) is 22.7. The second-order valence-electron chi connectivity index (χ2n) is 7.33. The lowest BCUT2D eigenvalue weighted by Gasteiger charge is -2.24.